The Kier molecular flexibility index (Phi) is 4.40. The van der Waals surface area contributed by atoms with E-state index in [1.165, 1.54) is 53.6 Å². The molecule has 0 amide bonds. The second-order valence-corrected chi connectivity index (χ2v) is 10.9. The van der Waals surface area contributed by atoms with Gasteiger partial charge < -0.3 is 0 Å². The fourth-order valence-corrected chi connectivity index (χ4v) is 7.33. The summed E-state index contributed by atoms with van der Waals surface area (Å²) in [6, 6.07) is 24.4. The molecule has 0 saturated carbocycles. The van der Waals surface area contributed by atoms with E-state index >= 15 is 0 Å². The minimum absolute atomic E-state index is 0.165. The van der Waals surface area contributed by atoms with Crippen molar-refractivity contribution < 1.29 is 0 Å². The molecular weight excluding hydrogens is 468 g/mol. The molecule has 0 saturated heterocycles. The average molecular weight is 491 g/mol. The predicted molar refractivity (Wildman–Crippen MR) is 156 cm³/mol. The minimum Gasteiger partial charge on any atom is -0.253 e. The molecule has 2 nitrogen and oxygen atoms in total. The highest BCUT2D eigenvalue weighted by Crippen LogP contribution is 2.55. The smallest absolute Gasteiger partial charge is 0.0931 e. The molecule has 3 aliphatic rings. The first-order valence-corrected chi connectivity index (χ1v) is 13.4. The maximum absolute atomic E-state index is 4.78. The summed E-state index contributed by atoms with van der Waals surface area (Å²) in [6.45, 7) is 0. The third-order valence-electron chi connectivity index (χ3n) is 7.89. The number of hydrogen-bond acceptors (Lipinski definition) is 3. The van der Waals surface area contributed by atoms with Crippen LogP contribution in [0.4, 0.5) is 0 Å². The zero-order valence-electron chi connectivity index (χ0n) is 20.1. The van der Waals surface area contributed by atoms with Gasteiger partial charge in [0.05, 0.1) is 11.4 Å². The Morgan fingerprint density at radius 1 is 0.784 bits per heavy atom. The van der Waals surface area contributed by atoms with Crippen molar-refractivity contribution in [2.75, 3.05) is 0 Å². The minimum atomic E-state index is -0.165. The van der Waals surface area contributed by atoms with Crippen molar-refractivity contribution in [3.63, 3.8) is 0 Å². The fourth-order valence-electron chi connectivity index (χ4n) is 6.09. The van der Waals surface area contributed by atoms with E-state index in [-0.39, 0.29) is 5.41 Å². The van der Waals surface area contributed by atoms with E-state index in [4.69, 9.17) is 4.98 Å². The summed E-state index contributed by atoms with van der Waals surface area (Å²) in [6.07, 6.45) is 20.3. The van der Waals surface area contributed by atoms with Crippen LogP contribution in [0.5, 0.6) is 0 Å². The topological polar surface area (TPSA) is 25.8 Å². The Balaban J connectivity index is 1.27. The average Bonchev–Trinajstić information content (AvgIpc) is 3.34. The van der Waals surface area contributed by atoms with E-state index in [0.717, 1.165) is 17.8 Å². The fraction of sp³-hybridized carbons (Fsp3) is 0.0588. The molecule has 2 heterocycles. The molecule has 3 aromatic carbocycles. The van der Waals surface area contributed by atoms with Crippen LogP contribution < -0.4 is 0 Å². The van der Waals surface area contributed by atoms with Crippen molar-refractivity contribution in [1.82, 2.24) is 9.97 Å². The molecule has 3 aliphatic carbocycles. The van der Waals surface area contributed by atoms with Crippen molar-refractivity contribution in [2.24, 2.45) is 5.41 Å². The highest BCUT2D eigenvalue weighted by atomic mass is 32.1. The van der Waals surface area contributed by atoms with Gasteiger partial charge in [-0.1, -0.05) is 85.0 Å². The number of allylic oxidation sites excluding steroid dienone is 9. The Hall–Kier alpha value is -4.34. The third-order valence-corrected chi connectivity index (χ3v) is 9.11. The molecule has 3 heteroatoms. The van der Waals surface area contributed by atoms with Crippen LogP contribution in [0.3, 0.4) is 0 Å². The maximum atomic E-state index is 4.78. The quantitative estimate of drug-likeness (QED) is 0.247. The van der Waals surface area contributed by atoms with E-state index in [0.29, 0.717) is 0 Å². The predicted octanol–water partition coefficient (Wildman–Crippen LogP) is 8.89. The molecule has 0 radical (unpaired) electrons. The van der Waals surface area contributed by atoms with Gasteiger partial charge in [-0.25, -0.2) is 0 Å². The van der Waals surface area contributed by atoms with E-state index in [2.05, 4.69) is 114 Å². The number of hydrogen-bond donors (Lipinski definition) is 0. The van der Waals surface area contributed by atoms with Gasteiger partial charge in [0.2, 0.25) is 0 Å². The summed E-state index contributed by atoms with van der Waals surface area (Å²) in [5, 5.41) is 2.67. The molecule has 37 heavy (non-hydrogen) atoms. The van der Waals surface area contributed by atoms with Crippen LogP contribution in [0.25, 0.3) is 48.5 Å². The third kappa shape index (κ3) is 3.04. The summed E-state index contributed by atoms with van der Waals surface area (Å²) < 4.78 is 2.68. The highest BCUT2D eigenvalue weighted by molar-refractivity contribution is 7.26. The van der Waals surface area contributed by atoms with Crippen LogP contribution in [0.1, 0.15) is 23.4 Å². The lowest BCUT2D eigenvalue weighted by Gasteiger charge is -2.40. The summed E-state index contributed by atoms with van der Waals surface area (Å²) >= 11 is 1.88. The van der Waals surface area contributed by atoms with E-state index in [1.54, 1.807) is 12.4 Å². The summed E-state index contributed by atoms with van der Waals surface area (Å²) in [4.78, 5) is 9.42. The van der Waals surface area contributed by atoms with E-state index < -0.39 is 0 Å². The number of rotatable bonds is 2. The lowest BCUT2D eigenvalue weighted by molar-refractivity contribution is 0.620. The summed E-state index contributed by atoms with van der Waals surface area (Å²) in [7, 11) is 0. The molecule has 1 atom stereocenters. The van der Waals surface area contributed by atoms with E-state index in [1.807, 2.05) is 11.3 Å². The first-order valence-electron chi connectivity index (χ1n) is 12.6. The molecule has 0 fully saturated rings. The van der Waals surface area contributed by atoms with Gasteiger partial charge in [-0.2, -0.15) is 0 Å². The zero-order chi connectivity index (χ0) is 24.4. The summed E-state index contributed by atoms with van der Waals surface area (Å²) in [5.74, 6) is 0. The van der Waals surface area contributed by atoms with Crippen molar-refractivity contribution in [3.8, 4) is 11.1 Å². The Labute approximate surface area is 219 Å². The highest BCUT2D eigenvalue weighted by Gasteiger charge is 2.42. The number of nitrogens with zero attached hydrogens (tertiary/aromatic N) is 2. The van der Waals surface area contributed by atoms with Crippen LogP contribution in [0.15, 0.2) is 121 Å². The van der Waals surface area contributed by atoms with Crippen LogP contribution >= 0.6 is 11.3 Å². The maximum Gasteiger partial charge on any atom is 0.0931 e. The molecule has 5 aromatic rings. The Bertz CT molecular complexity index is 1910. The number of fused-ring (bicyclic) bond motifs is 5. The second-order valence-electron chi connectivity index (χ2n) is 9.86. The molecule has 8 rings (SSSR count). The Morgan fingerprint density at radius 3 is 2.65 bits per heavy atom. The molecular formula is C34H22N2S. The molecule has 2 aromatic heterocycles. The standard InChI is InChI=1S/C34H22N2S/c1-2-13-31-27(10-1)28-12-6-11-26(33(28)37-31)24-8-5-7-22(19-24)23-14-16-34-15-4-3-9-25(34)21-30-32(29(34)20-23)36-18-17-35-30/h1-15,17-21H,16H2. The summed E-state index contributed by atoms with van der Waals surface area (Å²) in [5.41, 5.74) is 9.31. The van der Waals surface area contributed by atoms with E-state index in [9.17, 15) is 0 Å². The molecule has 174 valence electrons. The molecule has 0 bridgehead atoms. The first kappa shape index (κ1) is 20.8. The lowest BCUT2D eigenvalue weighted by atomic mass is 9.62. The van der Waals surface area contributed by atoms with Crippen LogP contribution in [-0.4, -0.2) is 9.97 Å². The van der Waals surface area contributed by atoms with Gasteiger partial charge in [0.25, 0.3) is 0 Å². The van der Waals surface area contributed by atoms with Crippen molar-refractivity contribution in [2.45, 2.75) is 6.42 Å². The van der Waals surface area contributed by atoms with Gasteiger partial charge in [0.15, 0.2) is 0 Å². The lowest BCUT2D eigenvalue weighted by Crippen LogP contribution is -2.28. The van der Waals surface area contributed by atoms with Gasteiger partial charge in [0, 0.05) is 38.0 Å². The molecule has 1 unspecified atom stereocenters. The van der Waals surface area contributed by atoms with Crippen molar-refractivity contribution in [1.29, 1.82) is 0 Å². The number of benzene rings is 3. The number of thiophene rings is 1. The molecule has 0 aliphatic heterocycles. The molecule has 0 N–H and O–H groups in total. The van der Waals surface area contributed by atoms with Crippen LogP contribution in [-0.2, 0) is 0 Å². The normalized spacial score (nSPS) is 19.6. The second kappa shape index (κ2) is 7.83. The largest absolute Gasteiger partial charge is 0.253 e. The van der Waals surface area contributed by atoms with Crippen LogP contribution in [0.2, 0.25) is 0 Å². The van der Waals surface area contributed by atoms with Crippen molar-refractivity contribution in [3.05, 3.63) is 138 Å². The monoisotopic (exact) mass is 490 g/mol. The molecule has 1 spiro atoms. The Morgan fingerprint density at radius 2 is 1.65 bits per heavy atom. The SMILES string of the molecule is C1=CC2=Cc3nccnc3C3=CC(c4cccc(-c5cccc6c5sc5ccccc56)c4)=CCC23C=C1. The van der Waals surface area contributed by atoms with Crippen molar-refractivity contribution >= 4 is 48.7 Å². The number of aromatic nitrogens is 2. The van der Waals surface area contributed by atoms with Gasteiger partial charge in [-0.05, 0) is 64.1 Å². The first-order chi connectivity index (χ1) is 18.3. The van der Waals surface area contributed by atoms with Crippen LogP contribution in [0, 0.1) is 5.41 Å². The van der Waals surface area contributed by atoms with Gasteiger partial charge in [-0.3, -0.25) is 9.97 Å². The zero-order valence-corrected chi connectivity index (χ0v) is 20.9. The van der Waals surface area contributed by atoms with Gasteiger partial charge in [0.1, 0.15) is 0 Å². The van der Waals surface area contributed by atoms with Gasteiger partial charge in [-0.15, -0.1) is 11.3 Å². The van der Waals surface area contributed by atoms with Gasteiger partial charge >= 0.3 is 0 Å².